The number of nitriles is 1. The third kappa shape index (κ3) is 2.44. The van der Waals surface area contributed by atoms with Crippen molar-refractivity contribution >= 4 is 10.8 Å². The van der Waals surface area contributed by atoms with Crippen LogP contribution in [-0.2, 0) is 12.5 Å². The smallest absolute Gasteiger partial charge is 0.200 e. The molecule has 1 aromatic heterocycles. The first-order valence-electron chi connectivity index (χ1n) is 9.99. The van der Waals surface area contributed by atoms with E-state index in [9.17, 15) is 5.26 Å². The minimum absolute atomic E-state index is 0.0223. The Morgan fingerprint density at radius 1 is 0.862 bits per heavy atom. The van der Waals surface area contributed by atoms with Crippen molar-refractivity contribution in [2.75, 3.05) is 0 Å². The van der Waals surface area contributed by atoms with Gasteiger partial charge in [-0.25, -0.2) is 4.57 Å². The van der Waals surface area contributed by atoms with E-state index in [4.69, 9.17) is 0 Å². The third-order valence-corrected chi connectivity index (χ3v) is 6.45. The largest absolute Gasteiger partial charge is 0.220 e. The summed E-state index contributed by atoms with van der Waals surface area (Å²) in [5, 5.41) is 11.5. The molecule has 2 heteroatoms. The summed E-state index contributed by atoms with van der Waals surface area (Å²) >= 11 is 0. The molecular formula is C27H23N2+. The van der Waals surface area contributed by atoms with Crippen molar-refractivity contribution in [1.82, 2.24) is 0 Å². The van der Waals surface area contributed by atoms with Gasteiger partial charge in [0.25, 0.3) is 0 Å². The summed E-state index contributed by atoms with van der Waals surface area (Å²) in [6.07, 6.45) is 2.09. The second-order valence-corrected chi connectivity index (χ2v) is 8.57. The quantitative estimate of drug-likeness (QED) is 0.385. The summed E-state index contributed by atoms with van der Waals surface area (Å²) in [5.74, 6) is 0. The number of aromatic nitrogens is 1. The Morgan fingerprint density at radius 3 is 2.45 bits per heavy atom. The fourth-order valence-corrected chi connectivity index (χ4v) is 4.89. The highest BCUT2D eigenvalue weighted by atomic mass is 14.9. The van der Waals surface area contributed by atoms with Gasteiger partial charge in [-0.2, -0.15) is 5.26 Å². The van der Waals surface area contributed by atoms with Crippen LogP contribution in [0.4, 0.5) is 0 Å². The number of rotatable bonds is 1. The minimum Gasteiger partial charge on any atom is -0.200 e. The predicted octanol–water partition coefficient (Wildman–Crippen LogP) is 5.82. The Bertz CT molecular complexity index is 1350. The summed E-state index contributed by atoms with van der Waals surface area (Å²) in [7, 11) is 2.10. The molecule has 0 bridgehead atoms. The molecule has 140 valence electrons. The second kappa shape index (κ2) is 6.03. The predicted molar refractivity (Wildman–Crippen MR) is 118 cm³/mol. The third-order valence-electron chi connectivity index (χ3n) is 6.45. The highest BCUT2D eigenvalue weighted by molar-refractivity contribution is 5.95. The Kier molecular flexibility index (Phi) is 3.67. The average molecular weight is 375 g/mol. The van der Waals surface area contributed by atoms with Crippen LogP contribution in [0.25, 0.3) is 33.2 Å². The van der Waals surface area contributed by atoms with Crippen molar-refractivity contribution < 1.29 is 4.57 Å². The Hall–Kier alpha value is -3.44. The molecule has 0 amide bonds. The maximum atomic E-state index is 9.28. The molecule has 3 aromatic carbocycles. The lowest BCUT2D eigenvalue weighted by Crippen LogP contribution is -2.31. The normalized spacial score (nSPS) is 13.8. The topological polar surface area (TPSA) is 27.7 Å². The molecule has 5 rings (SSSR count). The number of fused-ring (bicyclic) bond motifs is 4. The van der Waals surface area contributed by atoms with Gasteiger partial charge in [-0.1, -0.05) is 44.2 Å². The minimum atomic E-state index is -0.0223. The SMILES string of the molecule is Cc1cc2c(cc1-c1c3ccc(C#N)cc3cc[n+]1C)C(C)(C)c1ccccc1-2. The zero-order valence-electron chi connectivity index (χ0n) is 17.2. The molecule has 1 heterocycles. The zero-order valence-corrected chi connectivity index (χ0v) is 17.2. The van der Waals surface area contributed by atoms with Crippen LogP contribution >= 0.6 is 0 Å². The van der Waals surface area contributed by atoms with Crippen LogP contribution < -0.4 is 4.57 Å². The highest BCUT2D eigenvalue weighted by Gasteiger charge is 2.36. The Balaban J connectivity index is 1.82. The molecule has 0 N–H and O–H groups in total. The fourth-order valence-electron chi connectivity index (χ4n) is 4.89. The summed E-state index contributed by atoms with van der Waals surface area (Å²) in [5.41, 5.74) is 9.86. The number of pyridine rings is 1. The molecule has 0 fully saturated rings. The summed E-state index contributed by atoms with van der Waals surface area (Å²) < 4.78 is 2.19. The van der Waals surface area contributed by atoms with E-state index in [1.807, 2.05) is 12.1 Å². The maximum absolute atomic E-state index is 9.28. The van der Waals surface area contributed by atoms with E-state index < -0.39 is 0 Å². The van der Waals surface area contributed by atoms with Gasteiger partial charge in [0, 0.05) is 11.5 Å². The summed E-state index contributed by atoms with van der Waals surface area (Å²) in [6.45, 7) is 6.84. The molecule has 0 saturated heterocycles. The van der Waals surface area contributed by atoms with Gasteiger partial charge < -0.3 is 0 Å². The van der Waals surface area contributed by atoms with E-state index in [1.54, 1.807) is 0 Å². The van der Waals surface area contributed by atoms with Crippen LogP contribution in [0.2, 0.25) is 0 Å². The van der Waals surface area contributed by atoms with Gasteiger partial charge in [0.2, 0.25) is 5.69 Å². The number of hydrogen-bond acceptors (Lipinski definition) is 1. The number of nitrogens with zero attached hydrogens (tertiary/aromatic N) is 2. The van der Waals surface area contributed by atoms with E-state index in [1.165, 1.54) is 44.5 Å². The Labute approximate surface area is 171 Å². The van der Waals surface area contributed by atoms with E-state index in [0.717, 1.165) is 5.39 Å². The molecule has 0 radical (unpaired) electrons. The van der Waals surface area contributed by atoms with Gasteiger partial charge >= 0.3 is 0 Å². The van der Waals surface area contributed by atoms with Crippen LogP contribution in [0.5, 0.6) is 0 Å². The lowest BCUT2D eigenvalue weighted by atomic mass is 9.81. The number of aryl methyl sites for hydroxylation is 2. The van der Waals surface area contributed by atoms with Gasteiger partial charge in [-0.3, -0.25) is 0 Å². The van der Waals surface area contributed by atoms with Gasteiger partial charge in [-0.15, -0.1) is 0 Å². The molecule has 1 aliphatic carbocycles. The maximum Gasteiger partial charge on any atom is 0.220 e. The van der Waals surface area contributed by atoms with E-state index in [0.29, 0.717) is 5.56 Å². The summed E-state index contributed by atoms with van der Waals surface area (Å²) in [4.78, 5) is 0. The van der Waals surface area contributed by atoms with E-state index >= 15 is 0 Å². The van der Waals surface area contributed by atoms with Gasteiger partial charge in [0.05, 0.1) is 22.6 Å². The Morgan fingerprint density at radius 2 is 1.66 bits per heavy atom. The molecule has 0 atom stereocenters. The first-order chi connectivity index (χ1) is 13.9. The zero-order chi connectivity index (χ0) is 20.3. The van der Waals surface area contributed by atoms with Crippen molar-refractivity contribution in [3.05, 3.63) is 89.1 Å². The molecular weight excluding hydrogens is 352 g/mol. The lowest BCUT2D eigenvalue weighted by molar-refractivity contribution is -0.659. The first kappa shape index (κ1) is 17.6. The molecule has 29 heavy (non-hydrogen) atoms. The van der Waals surface area contributed by atoms with Crippen molar-refractivity contribution in [2.24, 2.45) is 7.05 Å². The molecule has 1 aliphatic rings. The second-order valence-electron chi connectivity index (χ2n) is 8.57. The van der Waals surface area contributed by atoms with Crippen molar-refractivity contribution in [2.45, 2.75) is 26.2 Å². The van der Waals surface area contributed by atoms with Crippen LogP contribution in [0, 0.1) is 18.3 Å². The average Bonchev–Trinajstić information content (AvgIpc) is 2.94. The number of hydrogen-bond donors (Lipinski definition) is 0. The summed E-state index contributed by atoms with van der Waals surface area (Å²) in [6, 6.07) is 23.8. The van der Waals surface area contributed by atoms with E-state index in [-0.39, 0.29) is 5.41 Å². The fraction of sp³-hybridized carbons (Fsp3) is 0.185. The van der Waals surface area contributed by atoms with Gasteiger partial charge in [0.1, 0.15) is 7.05 Å². The number of benzene rings is 3. The van der Waals surface area contributed by atoms with Gasteiger partial charge in [-0.05, 0) is 64.4 Å². The molecule has 4 aromatic rings. The van der Waals surface area contributed by atoms with Crippen LogP contribution in [0.3, 0.4) is 0 Å². The molecule has 2 nitrogen and oxygen atoms in total. The van der Waals surface area contributed by atoms with Crippen LogP contribution in [0.1, 0.15) is 36.1 Å². The van der Waals surface area contributed by atoms with Gasteiger partial charge in [0.15, 0.2) is 6.20 Å². The van der Waals surface area contributed by atoms with E-state index in [2.05, 4.69) is 93.2 Å². The van der Waals surface area contributed by atoms with Crippen molar-refractivity contribution in [3.8, 4) is 28.5 Å². The molecule has 0 unspecified atom stereocenters. The highest BCUT2D eigenvalue weighted by Crippen LogP contribution is 2.50. The first-order valence-corrected chi connectivity index (χ1v) is 9.99. The van der Waals surface area contributed by atoms with Crippen molar-refractivity contribution in [1.29, 1.82) is 5.26 Å². The standard InChI is InChI=1S/C27H23N2/c1-17-13-23-21-7-5-6-8-24(21)27(2,3)25(23)15-22(17)26-20-10-9-18(16-28)14-19(20)11-12-29(26)4/h5-15H,1-4H3/q+1. The molecule has 0 spiro atoms. The van der Waals surface area contributed by atoms with Crippen LogP contribution in [-0.4, -0.2) is 0 Å². The molecule has 0 saturated carbocycles. The monoisotopic (exact) mass is 375 g/mol. The lowest BCUT2D eigenvalue weighted by Gasteiger charge is -2.22. The van der Waals surface area contributed by atoms with Crippen LogP contribution in [0.15, 0.2) is 66.9 Å². The molecule has 0 aliphatic heterocycles. The van der Waals surface area contributed by atoms with Crippen molar-refractivity contribution in [3.63, 3.8) is 0 Å².